The van der Waals surface area contributed by atoms with Gasteiger partial charge in [-0.3, -0.25) is 4.79 Å². The van der Waals surface area contributed by atoms with Crippen LogP contribution in [-0.2, 0) is 9.53 Å². The first-order valence-electron chi connectivity index (χ1n) is 10.5. The Bertz CT molecular complexity index is 717. The van der Waals surface area contributed by atoms with Gasteiger partial charge in [-0.1, -0.05) is 70.7 Å². The molecule has 0 heterocycles. The van der Waals surface area contributed by atoms with Crippen LogP contribution < -0.4 is 0 Å². The molecule has 0 aliphatic carbocycles. The number of ketones is 1. The average molecular weight is 418 g/mol. The van der Waals surface area contributed by atoms with Gasteiger partial charge in [0.1, 0.15) is 13.9 Å². The van der Waals surface area contributed by atoms with Crippen molar-refractivity contribution in [2.75, 3.05) is 0 Å². The van der Waals surface area contributed by atoms with Crippen LogP contribution in [-0.4, -0.2) is 36.9 Å². The van der Waals surface area contributed by atoms with Gasteiger partial charge in [-0.2, -0.15) is 0 Å². The van der Waals surface area contributed by atoms with Gasteiger partial charge < -0.3 is 9.64 Å². The van der Waals surface area contributed by atoms with E-state index in [1.54, 1.807) is 4.90 Å². The predicted octanol–water partition coefficient (Wildman–Crippen LogP) is 6.40. The Labute approximate surface area is 178 Å². The van der Waals surface area contributed by atoms with Crippen LogP contribution in [0.1, 0.15) is 59.9 Å². The maximum absolute atomic E-state index is 13.3. The second kappa shape index (κ2) is 9.75. The topological polar surface area (TPSA) is 46.6 Å². The standard InChI is InChI=1S/C24H39NO3Si/c1-17(2)25(18(3)4)23(27)28-21(29(8,9)10)16-20(22(26)24(5,6)7)19-14-12-11-13-15-19/h11-18,20H,1-10H3/b21-16+/t20-/m0/s1. The molecule has 0 radical (unpaired) electrons. The van der Waals surface area contributed by atoms with Gasteiger partial charge >= 0.3 is 6.09 Å². The number of amides is 1. The van der Waals surface area contributed by atoms with E-state index in [4.69, 9.17) is 4.74 Å². The Morgan fingerprint density at radius 2 is 1.45 bits per heavy atom. The largest absolute Gasteiger partial charge is 0.420 e. The third-order valence-electron chi connectivity index (χ3n) is 4.76. The van der Waals surface area contributed by atoms with Crippen molar-refractivity contribution in [2.45, 2.75) is 86.1 Å². The molecule has 0 N–H and O–H groups in total. The van der Waals surface area contributed by atoms with Crippen LogP contribution in [0.15, 0.2) is 41.8 Å². The predicted molar refractivity (Wildman–Crippen MR) is 124 cm³/mol. The number of benzene rings is 1. The smallest absolute Gasteiger partial charge is 0.414 e. The van der Waals surface area contributed by atoms with Crippen molar-refractivity contribution in [3.8, 4) is 0 Å². The van der Waals surface area contributed by atoms with E-state index in [0.29, 0.717) is 5.38 Å². The Kier molecular flexibility index (Phi) is 8.45. The van der Waals surface area contributed by atoms with Crippen LogP contribution in [0.25, 0.3) is 0 Å². The molecule has 162 valence electrons. The number of carbonyl (C=O) groups is 2. The molecule has 0 spiro atoms. The molecule has 0 aromatic heterocycles. The minimum Gasteiger partial charge on any atom is -0.420 e. The van der Waals surface area contributed by atoms with E-state index >= 15 is 0 Å². The van der Waals surface area contributed by atoms with Crippen molar-refractivity contribution in [1.82, 2.24) is 4.90 Å². The SMILES string of the molecule is CC(C)N(C(=O)O/C(=C\[C@H](C(=O)C(C)(C)C)c1ccccc1)[Si](C)(C)C)C(C)C. The first kappa shape index (κ1) is 25.2. The van der Waals surface area contributed by atoms with Crippen molar-refractivity contribution in [3.63, 3.8) is 0 Å². The van der Waals surface area contributed by atoms with Crippen LogP contribution in [0.3, 0.4) is 0 Å². The summed E-state index contributed by atoms with van der Waals surface area (Å²) in [4.78, 5) is 28.0. The molecule has 0 bridgehead atoms. The quantitative estimate of drug-likeness (QED) is 0.381. The van der Waals surface area contributed by atoms with Crippen molar-refractivity contribution in [3.05, 3.63) is 47.4 Å². The third kappa shape index (κ3) is 7.14. The van der Waals surface area contributed by atoms with Gasteiger partial charge in [0.15, 0.2) is 0 Å². The van der Waals surface area contributed by atoms with Gasteiger partial charge in [-0.05, 0) is 39.3 Å². The number of hydrogen-bond acceptors (Lipinski definition) is 3. The number of nitrogens with zero attached hydrogens (tertiary/aromatic N) is 1. The molecule has 4 nitrogen and oxygen atoms in total. The minimum atomic E-state index is -2.03. The number of ether oxygens (including phenoxy) is 1. The van der Waals surface area contributed by atoms with Crippen molar-refractivity contribution < 1.29 is 14.3 Å². The first-order valence-corrected chi connectivity index (χ1v) is 14.0. The van der Waals surface area contributed by atoms with E-state index in [-0.39, 0.29) is 24.0 Å². The van der Waals surface area contributed by atoms with E-state index in [9.17, 15) is 9.59 Å². The van der Waals surface area contributed by atoms with Gasteiger partial charge in [0.25, 0.3) is 0 Å². The minimum absolute atomic E-state index is 0.0338. The zero-order chi connectivity index (χ0) is 22.6. The zero-order valence-corrected chi connectivity index (χ0v) is 20.9. The lowest BCUT2D eigenvalue weighted by Crippen LogP contribution is -2.44. The lowest BCUT2D eigenvalue weighted by Gasteiger charge is -2.32. The summed E-state index contributed by atoms with van der Waals surface area (Å²) in [6.45, 7) is 20.1. The highest BCUT2D eigenvalue weighted by molar-refractivity contribution is 6.82. The van der Waals surface area contributed by atoms with Crippen molar-refractivity contribution in [2.24, 2.45) is 5.41 Å². The molecule has 1 aromatic carbocycles. The van der Waals surface area contributed by atoms with Crippen molar-refractivity contribution in [1.29, 1.82) is 0 Å². The Morgan fingerprint density at radius 3 is 1.83 bits per heavy atom. The maximum Gasteiger partial charge on any atom is 0.414 e. The summed E-state index contributed by atoms with van der Waals surface area (Å²) in [5.41, 5.74) is 0.414. The van der Waals surface area contributed by atoms with E-state index in [1.165, 1.54) is 0 Å². The summed E-state index contributed by atoms with van der Waals surface area (Å²) in [6.07, 6.45) is 1.55. The molecule has 1 amide bonds. The second-order valence-electron chi connectivity index (χ2n) is 10.2. The third-order valence-corrected chi connectivity index (χ3v) is 6.51. The summed E-state index contributed by atoms with van der Waals surface area (Å²) in [7, 11) is -2.03. The number of hydrogen-bond donors (Lipinski definition) is 0. The van der Waals surface area contributed by atoms with Gasteiger partial charge in [-0.15, -0.1) is 0 Å². The Hall–Kier alpha value is -1.88. The van der Waals surface area contributed by atoms with Crippen LogP contribution in [0, 0.1) is 5.41 Å². The average Bonchev–Trinajstić information content (AvgIpc) is 2.56. The molecule has 1 atom stereocenters. The maximum atomic E-state index is 13.3. The molecule has 0 aliphatic rings. The normalized spacial score (nSPS) is 14.1. The number of allylic oxidation sites excluding steroid dienone is 1. The van der Waals surface area contributed by atoms with E-state index < -0.39 is 19.4 Å². The summed E-state index contributed by atoms with van der Waals surface area (Å²) >= 11 is 0. The number of carbonyl (C=O) groups excluding carboxylic acids is 2. The summed E-state index contributed by atoms with van der Waals surface area (Å²) < 4.78 is 5.97. The van der Waals surface area contributed by atoms with Crippen LogP contribution >= 0.6 is 0 Å². The van der Waals surface area contributed by atoms with Crippen LogP contribution in [0.2, 0.25) is 19.6 Å². The highest BCUT2D eigenvalue weighted by Gasteiger charge is 2.34. The second-order valence-corrected chi connectivity index (χ2v) is 15.2. The van der Waals surface area contributed by atoms with E-state index in [2.05, 4.69) is 19.6 Å². The van der Waals surface area contributed by atoms with Crippen LogP contribution in [0.5, 0.6) is 0 Å². The molecule has 0 aliphatic heterocycles. The first-order chi connectivity index (χ1) is 13.2. The molecule has 0 fully saturated rings. The van der Waals surface area contributed by atoms with E-state index in [0.717, 1.165) is 5.56 Å². The van der Waals surface area contributed by atoms with Gasteiger partial charge in [0, 0.05) is 17.5 Å². The molecule has 0 saturated heterocycles. The van der Waals surface area contributed by atoms with Crippen molar-refractivity contribution >= 4 is 20.0 Å². The molecular weight excluding hydrogens is 378 g/mol. The molecule has 5 heteroatoms. The van der Waals surface area contributed by atoms with Gasteiger partial charge in [-0.25, -0.2) is 4.79 Å². The van der Waals surface area contributed by atoms with Gasteiger partial charge in [0.05, 0.1) is 11.3 Å². The molecule has 0 unspecified atom stereocenters. The number of rotatable bonds is 7. The fourth-order valence-corrected chi connectivity index (χ4v) is 4.26. The fraction of sp³-hybridized carbons (Fsp3) is 0.583. The highest BCUT2D eigenvalue weighted by atomic mass is 28.3. The summed E-state index contributed by atoms with van der Waals surface area (Å²) in [6, 6.07) is 9.80. The van der Waals surface area contributed by atoms with E-state index in [1.807, 2.05) is 84.9 Å². The fourth-order valence-electron chi connectivity index (χ4n) is 3.20. The molecule has 0 saturated carbocycles. The summed E-state index contributed by atoms with van der Waals surface area (Å²) in [5.74, 6) is -0.336. The molecule has 1 rings (SSSR count). The lowest BCUT2D eigenvalue weighted by molar-refractivity contribution is -0.126. The zero-order valence-electron chi connectivity index (χ0n) is 19.9. The van der Waals surface area contributed by atoms with Gasteiger partial charge in [0.2, 0.25) is 0 Å². The Balaban J connectivity index is 3.45. The Morgan fingerprint density at radius 1 is 0.966 bits per heavy atom. The lowest BCUT2D eigenvalue weighted by atomic mass is 9.80. The summed E-state index contributed by atoms with van der Waals surface area (Å²) in [5, 5.41) is 0.653. The number of Topliss-reactive ketones (excluding diaryl/α,β-unsaturated/α-hetero) is 1. The monoisotopic (exact) mass is 417 g/mol. The van der Waals surface area contributed by atoms with Crippen LogP contribution in [0.4, 0.5) is 4.79 Å². The molecule has 29 heavy (non-hydrogen) atoms. The highest BCUT2D eigenvalue weighted by Crippen LogP contribution is 2.32. The molecule has 1 aromatic rings. The molecular formula is C24H39NO3Si.